The van der Waals surface area contributed by atoms with Crippen molar-refractivity contribution in [1.29, 1.82) is 0 Å². The summed E-state index contributed by atoms with van der Waals surface area (Å²) in [6.45, 7) is 3.87. The highest BCUT2D eigenvalue weighted by atomic mass is 32.2. The second-order valence-electron chi connectivity index (χ2n) is 7.70. The standard InChI is InChI=1S/C18H27F2N3O5S/c1-17(2,3)28-16(24)23-10-14(22-29(25,26)21-4)18(19,20)15(23)12-27-11-13-8-6-5-7-9-13/h5-9,14-15,21-22H,10-12H2,1-4H3/t14-,15-/m1/s1. The second-order valence-corrected chi connectivity index (χ2v) is 9.35. The molecule has 0 bridgehead atoms. The van der Waals surface area contributed by atoms with Gasteiger partial charge in [0, 0.05) is 13.6 Å². The summed E-state index contributed by atoms with van der Waals surface area (Å²) >= 11 is 0. The van der Waals surface area contributed by atoms with E-state index in [0.29, 0.717) is 0 Å². The molecule has 1 aromatic rings. The summed E-state index contributed by atoms with van der Waals surface area (Å²) in [5.41, 5.74) is -0.116. The lowest BCUT2D eigenvalue weighted by atomic mass is 10.1. The molecule has 0 radical (unpaired) electrons. The minimum atomic E-state index is -4.14. The molecule has 11 heteroatoms. The van der Waals surface area contributed by atoms with Gasteiger partial charge in [0.15, 0.2) is 0 Å². The minimum Gasteiger partial charge on any atom is -0.444 e. The number of benzene rings is 1. The SMILES string of the molecule is CNS(=O)(=O)N[C@@H]1CN(C(=O)OC(C)(C)C)[C@H](COCc2ccccc2)C1(F)F. The molecule has 29 heavy (non-hydrogen) atoms. The van der Waals surface area contributed by atoms with Crippen molar-refractivity contribution in [1.82, 2.24) is 14.3 Å². The van der Waals surface area contributed by atoms with E-state index in [9.17, 15) is 13.2 Å². The van der Waals surface area contributed by atoms with Crippen LogP contribution in [-0.2, 0) is 26.3 Å². The number of nitrogens with one attached hydrogen (secondary N) is 2. The average molecular weight is 435 g/mol. The van der Waals surface area contributed by atoms with E-state index in [2.05, 4.69) is 0 Å². The Kier molecular flexibility index (Phi) is 7.20. The third-order valence-corrected chi connectivity index (χ3v) is 5.38. The Morgan fingerprint density at radius 2 is 1.90 bits per heavy atom. The van der Waals surface area contributed by atoms with E-state index in [1.54, 1.807) is 45.0 Å². The second kappa shape index (κ2) is 8.90. The van der Waals surface area contributed by atoms with Crippen LogP contribution < -0.4 is 9.44 Å². The van der Waals surface area contributed by atoms with Crippen molar-refractivity contribution in [2.75, 3.05) is 20.2 Å². The Balaban J connectivity index is 2.19. The molecule has 1 amide bonds. The van der Waals surface area contributed by atoms with Crippen molar-refractivity contribution >= 4 is 16.3 Å². The van der Waals surface area contributed by atoms with Gasteiger partial charge in [-0.25, -0.2) is 18.3 Å². The number of nitrogens with zero attached hydrogens (tertiary/aromatic N) is 1. The first kappa shape index (κ1) is 23.5. The normalized spacial score (nSPS) is 21.9. The summed E-state index contributed by atoms with van der Waals surface area (Å²) in [5, 5.41) is 0. The van der Waals surface area contributed by atoms with Crippen LogP contribution in [0.5, 0.6) is 0 Å². The van der Waals surface area contributed by atoms with Gasteiger partial charge in [0.25, 0.3) is 16.1 Å². The maximum Gasteiger partial charge on any atom is 0.410 e. The molecule has 1 aromatic carbocycles. The van der Waals surface area contributed by atoms with Crippen LogP contribution in [0, 0.1) is 0 Å². The number of likely N-dealkylation sites (tertiary alicyclic amines) is 1. The van der Waals surface area contributed by atoms with Crippen molar-refractivity contribution in [3.05, 3.63) is 35.9 Å². The van der Waals surface area contributed by atoms with Crippen LogP contribution >= 0.6 is 0 Å². The molecule has 0 unspecified atom stereocenters. The molecule has 2 N–H and O–H groups in total. The van der Waals surface area contributed by atoms with Crippen LogP contribution in [0.2, 0.25) is 0 Å². The fourth-order valence-electron chi connectivity index (χ4n) is 2.83. The van der Waals surface area contributed by atoms with Gasteiger partial charge in [0.05, 0.1) is 13.2 Å². The zero-order chi connectivity index (χ0) is 21.9. The van der Waals surface area contributed by atoms with Crippen molar-refractivity contribution in [2.24, 2.45) is 0 Å². The molecule has 0 spiro atoms. The van der Waals surface area contributed by atoms with Gasteiger partial charge < -0.3 is 9.47 Å². The molecule has 1 fully saturated rings. The predicted molar refractivity (Wildman–Crippen MR) is 103 cm³/mol. The number of ether oxygens (including phenoxy) is 2. The third-order valence-electron chi connectivity index (χ3n) is 4.25. The van der Waals surface area contributed by atoms with E-state index >= 15 is 8.78 Å². The summed E-state index contributed by atoms with van der Waals surface area (Å²) in [7, 11) is -3.05. The van der Waals surface area contributed by atoms with Gasteiger partial charge >= 0.3 is 6.09 Å². The molecule has 1 heterocycles. The van der Waals surface area contributed by atoms with Gasteiger partial charge in [-0.3, -0.25) is 4.90 Å². The van der Waals surface area contributed by atoms with Gasteiger partial charge in [-0.2, -0.15) is 13.1 Å². The first-order chi connectivity index (χ1) is 13.4. The van der Waals surface area contributed by atoms with Crippen LogP contribution in [0.3, 0.4) is 0 Å². The number of alkyl halides is 2. The molecular weight excluding hydrogens is 408 g/mol. The van der Waals surface area contributed by atoms with Crippen molar-refractivity contribution in [3.8, 4) is 0 Å². The zero-order valence-electron chi connectivity index (χ0n) is 16.8. The molecule has 1 saturated heterocycles. The molecule has 8 nitrogen and oxygen atoms in total. The van der Waals surface area contributed by atoms with Crippen molar-refractivity contribution < 1.29 is 31.5 Å². The Bertz CT molecular complexity index is 799. The first-order valence-corrected chi connectivity index (χ1v) is 10.5. The Hall–Kier alpha value is -1.82. The number of carbonyl (C=O) groups excluding carboxylic acids is 1. The molecular formula is C18H27F2N3O5S. The van der Waals surface area contributed by atoms with Crippen LogP contribution in [0.15, 0.2) is 30.3 Å². The summed E-state index contributed by atoms with van der Waals surface area (Å²) in [5.74, 6) is -3.57. The average Bonchev–Trinajstić information content (AvgIpc) is 2.85. The first-order valence-electron chi connectivity index (χ1n) is 9.05. The lowest BCUT2D eigenvalue weighted by Crippen LogP contribution is -2.53. The van der Waals surface area contributed by atoms with Gasteiger partial charge in [-0.15, -0.1) is 0 Å². The van der Waals surface area contributed by atoms with Gasteiger partial charge in [0.2, 0.25) is 0 Å². The maximum absolute atomic E-state index is 15.0. The topological polar surface area (TPSA) is 97.0 Å². The number of carbonyl (C=O) groups is 1. The number of halogens is 2. The van der Waals surface area contributed by atoms with Gasteiger partial charge in [-0.05, 0) is 26.3 Å². The molecule has 1 aliphatic rings. The molecule has 2 atom stereocenters. The molecule has 2 rings (SSSR count). The van der Waals surface area contributed by atoms with Crippen LogP contribution in [0.1, 0.15) is 26.3 Å². The third kappa shape index (κ3) is 6.33. The minimum absolute atomic E-state index is 0.0719. The summed E-state index contributed by atoms with van der Waals surface area (Å²) in [6.07, 6.45) is -0.961. The van der Waals surface area contributed by atoms with Crippen LogP contribution in [0.25, 0.3) is 0 Å². The number of hydrogen-bond donors (Lipinski definition) is 2. The predicted octanol–water partition coefficient (Wildman–Crippen LogP) is 1.88. The smallest absolute Gasteiger partial charge is 0.410 e. The van der Waals surface area contributed by atoms with E-state index in [1.165, 1.54) is 0 Å². The summed E-state index contributed by atoms with van der Waals surface area (Å²) in [6, 6.07) is 5.45. The summed E-state index contributed by atoms with van der Waals surface area (Å²) < 4.78 is 68.0. The zero-order valence-corrected chi connectivity index (χ0v) is 17.6. The van der Waals surface area contributed by atoms with E-state index in [1.807, 2.05) is 15.5 Å². The van der Waals surface area contributed by atoms with Gasteiger partial charge in [0.1, 0.15) is 17.7 Å². The largest absolute Gasteiger partial charge is 0.444 e. The molecule has 1 aliphatic heterocycles. The monoisotopic (exact) mass is 435 g/mol. The molecule has 0 saturated carbocycles. The van der Waals surface area contributed by atoms with E-state index in [-0.39, 0.29) is 6.61 Å². The molecule has 164 valence electrons. The summed E-state index contributed by atoms with van der Waals surface area (Å²) in [4.78, 5) is 13.3. The quantitative estimate of drug-likeness (QED) is 0.682. The van der Waals surface area contributed by atoms with Crippen molar-refractivity contribution in [3.63, 3.8) is 0 Å². The molecule has 0 aromatic heterocycles. The van der Waals surface area contributed by atoms with Crippen LogP contribution in [0.4, 0.5) is 13.6 Å². The van der Waals surface area contributed by atoms with E-state index in [4.69, 9.17) is 9.47 Å². The van der Waals surface area contributed by atoms with Gasteiger partial charge in [-0.1, -0.05) is 30.3 Å². The molecule has 0 aliphatic carbocycles. The number of amides is 1. The maximum atomic E-state index is 15.0. The highest BCUT2D eigenvalue weighted by Gasteiger charge is 2.59. The van der Waals surface area contributed by atoms with E-state index in [0.717, 1.165) is 17.5 Å². The lowest BCUT2D eigenvalue weighted by Gasteiger charge is -2.30. The highest BCUT2D eigenvalue weighted by molar-refractivity contribution is 7.87. The van der Waals surface area contributed by atoms with Crippen LogP contribution in [-0.4, -0.2) is 63.2 Å². The number of hydrogen-bond acceptors (Lipinski definition) is 5. The van der Waals surface area contributed by atoms with Crippen molar-refractivity contribution in [2.45, 2.75) is 51.0 Å². The fourth-order valence-corrected chi connectivity index (χ4v) is 3.56. The Morgan fingerprint density at radius 1 is 1.28 bits per heavy atom. The highest BCUT2D eigenvalue weighted by Crippen LogP contribution is 2.36. The lowest BCUT2D eigenvalue weighted by molar-refractivity contribution is -0.0784. The fraction of sp³-hybridized carbons (Fsp3) is 0.611. The Morgan fingerprint density at radius 3 is 2.45 bits per heavy atom. The Labute approximate surface area is 169 Å². The van der Waals surface area contributed by atoms with E-state index < -0.39 is 53.1 Å². The number of rotatable bonds is 7.